The summed E-state index contributed by atoms with van der Waals surface area (Å²) in [5, 5.41) is 12.1. The van der Waals surface area contributed by atoms with E-state index in [1.54, 1.807) is 24.6 Å². The molecular weight excluding hydrogens is 485 g/mol. The molecule has 0 fully saturated rings. The fourth-order valence-corrected chi connectivity index (χ4v) is 3.73. The van der Waals surface area contributed by atoms with Crippen LogP contribution in [0.15, 0.2) is 52.8 Å². The molecule has 0 saturated heterocycles. The number of alkyl halides is 3. The molecule has 0 aliphatic carbocycles. The molecule has 3 N–H and O–H groups in total. The highest BCUT2D eigenvalue weighted by atomic mass is 32.1. The van der Waals surface area contributed by atoms with Crippen molar-refractivity contribution in [2.24, 2.45) is 0 Å². The number of amides is 1. The van der Waals surface area contributed by atoms with E-state index in [0.29, 0.717) is 22.2 Å². The lowest BCUT2D eigenvalue weighted by Crippen LogP contribution is -2.27. The van der Waals surface area contributed by atoms with Gasteiger partial charge in [0.15, 0.2) is 16.7 Å². The van der Waals surface area contributed by atoms with Gasteiger partial charge in [-0.2, -0.15) is 13.2 Å². The number of thiazole rings is 1. The monoisotopic (exact) mass is 500 g/mol. The third kappa shape index (κ3) is 4.82. The number of benzene rings is 1. The lowest BCUT2D eigenvalue weighted by molar-refractivity contribution is -0.137. The van der Waals surface area contributed by atoms with E-state index in [-0.39, 0.29) is 22.7 Å². The number of carbonyl (C=O) groups excluding carboxylic acids is 1. The highest BCUT2D eigenvalue weighted by molar-refractivity contribution is 7.13. The predicted molar refractivity (Wildman–Crippen MR) is 120 cm³/mol. The lowest BCUT2D eigenvalue weighted by Gasteiger charge is -2.10. The van der Waals surface area contributed by atoms with Crippen LogP contribution in [0.1, 0.15) is 34.8 Å². The number of hydrogen-bond acceptors (Lipinski definition) is 9. The first-order valence-electron chi connectivity index (χ1n) is 10.1. The molecule has 4 heterocycles. The van der Waals surface area contributed by atoms with E-state index >= 15 is 0 Å². The Kier molecular flexibility index (Phi) is 5.64. The summed E-state index contributed by atoms with van der Waals surface area (Å²) in [5.41, 5.74) is 0.190. The molecule has 14 heteroatoms. The number of aromatic amines is 1. The molecule has 5 aromatic rings. The van der Waals surface area contributed by atoms with Crippen molar-refractivity contribution in [3.63, 3.8) is 0 Å². The van der Waals surface area contributed by atoms with Crippen molar-refractivity contribution in [2.75, 3.05) is 5.32 Å². The van der Waals surface area contributed by atoms with Crippen molar-refractivity contribution < 1.29 is 22.5 Å². The van der Waals surface area contributed by atoms with E-state index in [9.17, 15) is 18.0 Å². The van der Waals surface area contributed by atoms with E-state index in [1.165, 1.54) is 29.8 Å². The second-order valence-electron chi connectivity index (χ2n) is 7.38. The van der Waals surface area contributed by atoms with Gasteiger partial charge in [0.2, 0.25) is 0 Å². The highest BCUT2D eigenvalue weighted by Crippen LogP contribution is 2.32. The zero-order chi connectivity index (χ0) is 24.6. The summed E-state index contributed by atoms with van der Waals surface area (Å²) in [4.78, 5) is 31.9. The molecule has 0 bridgehead atoms. The van der Waals surface area contributed by atoms with E-state index in [0.717, 1.165) is 12.1 Å². The second kappa shape index (κ2) is 8.79. The van der Waals surface area contributed by atoms with Crippen LogP contribution >= 0.6 is 11.3 Å². The summed E-state index contributed by atoms with van der Waals surface area (Å²) in [7, 11) is 0. The zero-order valence-corrected chi connectivity index (χ0v) is 18.6. The van der Waals surface area contributed by atoms with Gasteiger partial charge in [0.1, 0.15) is 23.5 Å². The summed E-state index contributed by atoms with van der Waals surface area (Å²) in [6, 6.07) is 5.66. The number of halogens is 3. The number of hydrogen-bond donors (Lipinski definition) is 3. The molecule has 1 atom stereocenters. The molecule has 0 aliphatic heterocycles. The van der Waals surface area contributed by atoms with Gasteiger partial charge in [-0.3, -0.25) is 4.79 Å². The minimum Gasteiger partial charge on any atom is -0.358 e. The molecule has 1 amide bonds. The van der Waals surface area contributed by atoms with Crippen LogP contribution in [0, 0.1) is 0 Å². The molecule has 10 nitrogen and oxygen atoms in total. The average molecular weight is 500 g/mol. The van der Waals surface area contributed by atoms with Crippen molar-refractivity contribution in [1.29, 1.82) is 0 Å². The number of imidazole rings is 1. The number of rotatable bonds is 6. The number of H-pyrrole nitrogens is 1. The molecule has 1 aromatic carbocycles. The van der Waals surface area contributed by atoms with E-state index in [1.807, 2.05) is 0 Å². The van der Waals surface area contributed by atoms with Crippen LogP contribution in [0.25, 0.3) is 22.6 Å². The van der Waals surface area contributed by atoms with Gasteiger partial charge in [-0.05, 0) is 25.1 Å². The zero-order valence-electron chi connectivity index (χ0n) is 17.8. The van der Waals surface area contributed by atoms with Crippen LogP contribution in [0.4, 0.5) is 24.1 Å². The van der Waals surface area contributed by atoms with E-state index in [4.69, 9.17) is 4.52 Å². The van der Waals surface area contributed by atoms with Crippen molar-refractivity contribution in [2.45, 2.75) is 19.1 Å². The fourth-order valence-electron chi connectivity index (χ4n) is 3.20. The Bertz CT molecular complexity index is 1500. The molecule has 0 radical (unpaired) electrons. The van der Waals surface area contributed by atoms with Crippen molar-refractivity contribution in [3.8, 4) is 11.5 Å². The van der Waals surface area contributed by atoms with Crippen molar-refractivity contribution in [3.05, 3.63) is 65.3 Å². The van der Waals surface area contributed by atoms with E-state index in [2.05, 4.69) is 40.7 Å². The SMILES string of the molecule is C[C@@H](NC(=O)c1cc(Nc2nccs2)ncn1)c1cc(-c2nc3ccc(C(F)(F)F)cc3[nH]2)no1. The normalized spacial score (nSPS) is 12.6. The lowest BCUT2D eigenvalue weighted by atomic mass is 10.2. The van der Waals surface area contributed by atoms with Crippen molar-refractivity contribution >= 4 is 39.2 Å². The summed E-state index contributed by atoms with van der Waals surface area (Å²) in [6.45, 7) is 1.69. The number of aromatic nitrogens is 6. The summed E-state index contributed by atoms with van der Waals surface area (Å²) in [5.74, 6) is 0.498. The maximum Gasteiger partial charge on any atom is 0.416 e. The highest BCUT2D eigenvalue weighted by Gasteiger charge is 2.31. The summed E-state index contributed by atoms with van der Waals surface area (Å²) < 4.78 is 44.2. The fraction of sp³-hybridized carbons (Fsp3) is 0.143. The van der Waals surface area contributed by atoms with Crippen molar-refractivity contribution in [1.82, 2.24) is 35.4 Å². The predicted octanol–water partition coefficient (Wildman–Crippen LogP) is 4.72. The van der Waals surface area contributed by atoms with Crippen LogP contribution in [-0.2, 0) is 6.18 Å². The molecule has 4 aromatic heterocycles. The van der Waals surface area contributed by atoms with Gasteiger partial charge >= 0.3 is 6.18 Å². The maximum atomic E-state index is 13.0. The number of carbonyl (C=O) groups is 1. The summed E-state index contributed by atoms with van der Waals surface area (Å²) in [6.07, 6.45) is -1.57. The first-order valence-corrected chi connectivity index (χ1v) is 11.0. The number of nitrogens with zero attached hydrogens (tertiary/aromatic N) is 5. The minimum absolute atomic E-state index is 0.128. The third-order valence-corrected chi connectivity index (χ3v) is 5.61. The number of anilines is 2. The smallest absolute Gasteiger partial charge is 0.358 e. The Labute approximate surface area is 198 Å². The molecule has 0 unspecified atom stereocenters. The van der Waals surface area contributed by atoms with Crippen LogP contribution in [0.3, 0.4) is 0 Å². The van der Waals surface area contributed by atoms with Gasteiger partial charge in [0.05, 0.1) is 22.6 Å². The van der Waals surface area contributed by atoms with Gasteiger partial charge in [-0.25, -0.2) is 19.9 Å². The van der Waals surface area contributed by atoms with Gasteiger partial charge in [-0.15, -0.1) is 11.3 Å². The van der Waals surface area contributed by atoms with Gasteiger partial charge in [0.25, 0.3) is 5.91 Å². The number of fused-ring (bicyclic) bond motifs is 1. The quantitative estimate of drug-likeness (QED) is 0.305. The molecule has 178 valence electrons. The Morgan fingerprint density at radius 1 is 1.17 bits per heavy atom. The molecule has 0 spiro atoms. The second-order valence-corrected chi connectivity index (χ2v) is 8.27. The molecular formula is C21H15F3N8O2S. The first kappa shape index (κ1) is 22.5. The standard InChI is InChI=1S/C21H15F3N8O2S/c1-10(28-19(33)15-8-17(27-9-26-15)31-20-25-4-5-35-20)16-7-14(32-34-16)18-29-12-3-2-11(21(22,23)24)6-13(12)30-18/h2-10H,1H3,(H,28,33)(H,29,30)(H,25,26,27,31)/t10-/m1/s1. The van der Waals surface area contributed by atoms with Crippen LogP contribution < -0.4 is 10.6 Å². The van der Waals surface area contributed by atoms with Crippen LogP contribution in [0.2, 0.25) is 0 Å². The Hall–Kier alpha value is -4.33. The molecule has 0 saturated carbocycles. The summed E-state index contributed by atoms with van der Waals surface area (Å²) >= 11 is 1.38. The Morgan fingerprint density at radius 3 is 2.80 bits per heavy atom. The van der Waals surface area contributed by atoms with Crippen LogP contribution in [0.5, 0.6) is 0 Å². The van der Waals surface area contributed by atoms with Crippen LogP contribution in [-0.4, -0.2) is 36.0 Å². The van der Waals surface area contributed by atoms with E-state index < -0.39 is 23.7 Å². The molecule has 5 rings (SSSR count). The average Bonchev–Trinajstić information content (AvgIpc) is 3.58. The Morgan fingerprint density at radius 2 is 2.03 bits per heavy atom. The maximum absolute atomic E-state index is 13.0. The Balaban J connectivity index is 1.29. The molecule has 0 aliphatic rings. The number of nitrogens with one attached hydrogen (secondary N) is 3. The first-order chi connectivity index (χ1) is 16.8. The topological polar surface area (TPSA) is 135 Å². The minimum atomic E-state index is -4.46. The third-order valence-electron chi connectivity index (χ3n) is 4.92. The largest absolute Gasteiger partial charge is 0.416 e. The van der Waals surface area contributed by atoms with Gasteiger partial charge in [0, 0.05) is 23.7 Å². The van der Waals surface area contributed by atoms with Gasteiger partial charge < -0.3 is 20.1 Å². The molecule has 35 heavy (non-hydrogen) atoms. The van der Waals surface area contributed by atoms with Gasteiger partial charge in [-0.1, -0.05) is 5.16 Å².